The number of nitrogens with one attached hydrogen (secondary N) is 1. The topological polar surface area (TPSA) is 137 Å². The number of nitrogens with zero attached hydrogens (tertiary/aromatic N) is 4. The number of imide groups is 1. The van der Waals surface area contributed by atoms with Crippen molar-refractivity contribution in [3.05, 3.63) is 78.8 Å². The van der Waals surface area contributed by atoms with E-state index in [4.69, 9.17) is 14.2 Å². The highest BCUT2D eigenvalue weighted by atomic mass is 16.7. The maximum atomic E-state index is 13.8. The molecule has 0 saturated carbocycles. The third-order valence-corrected chi connectivity index (χ3v) is 10.4. The van der Waals surface area contributed by atoms with Crippen molar-refractivity contribution in [1.29, 1.82) is 0 Å². The van der Waals surface area contributed by atoms with E-state index in [2.05, 4.69) is 27.1 Å². The van der Waals surface area contributed by atoms with E-state index < -0.39 is 30.8 Å². The summed E-state index contributed by atoms with van der Waals surface area (Å²) in [5, 5.41) is 7.35. The van der Waals surface area contributed by atoms with Crippen LogP contribution in [0.5, 0.6) is 0 Å². The number of ether oxygens (including phenoxy) is 3. The second kappa shape index (κ2) is 23.9. The Morgan fingerprint density at radius 3 is 2.02 bits per heavy atom. The standard InChI is InChI=1S/C45H59N5O6/c1-2-3-4-5-6-7-8-9-10-11-12-13-14-15-16-20-42(51)55-34-56-45(53)50(38-26-30-54-31-27-38)44(52)36-23-21-35(22-24-36)41-32-37(25-29-47-41)39-33-48-49-43(39)40-19-17-18-28-46-40/h17-19,21-25,28-29,32-33,38H,2-16,20,26-27,30-31,34H2,1H3,(H,48,49). The van der Waals surface area contributed by atoms with Crippen molar-refractivity contribution in [2.24, 2.45) is 0 Å². The molecule has 56 heavy (non-hydrogen) atoms. The molecule has 1 N–H and O–H groups in total. The molecule has 300 valence electrons. The predicted molar refractivity (Wildman–Crippen MR) is 217 cm³/mol. The molecule has 3 aromatic heterocycles. The van der Waals surface area contributed by atoms with Crippen LogP contribution in [0.3, 0.4) is 0 Å². The number of benzene rings is 1. The minimum atomic E-state index is -0.844. The highest BCUT2D eigenvalue weighted by Gasteiger charge is 2.33. The molecule has 1 fully saturated rings. The van der Waals surface area contributed by atoms with Gasteiger partial charge in [-0.05, 0) is 61.2 Å². The van der Waals surface area contributed by atoms with Crippen molar-refractivity contribution < 1.29 is 28.6 Å². The van der Waals surface area contributed by atoms with Gasteiger partial charge in [-0.2, -0.15) is 5.10 Å². The second-order valence-electron chi connectivity index (χ2n) is 14.6. The molecule has 0 radical (unpaired) electrons. The number of amides is 2. The quantitative estimate of drug-likeness (QED) is 0.0444. The summed E-state index contributed by atoms with van der Waals surface area (Å²) in [7, 11) is 0. The maximum Gasteiger partial charge on any atom is 0.419 e. The average molecular weight is 766 g/mol. The van der Waals surface area contributed by atoms with Crippen LogP contribution < -0.4 is 0 Å². The number of rotatable bonds is 23. The lowest BCUT2D eigenvalue weighted by atomic mass is 10.0. The van der Waals surface area contributed by atoms with Crippen LogP contribution in [0.4, 0.5) is 4.79 Å². The first-order valence-corrected chi connectivity index (χ1v) is 20.8. The molecule has 1 aliphatic heterocycles. The highest BCUT2D eigenvalue weighted by molar-refractivity contribution is 6.03. The zero-order valence-corrected chi connectivity index (χ0v) is 33.1. The Morgan fingerprint density at radius 2 is 1.38 bits per heavy atom. The molecule has 11 heteroatoms. The van der Waals surface area contributed by atoms with Crippen molar-refractivity contribution in [3.8, 4) is 33.8 Å². The number of carbonyl (C=O) groups excluding carboxylic acids is 3. The first-order chi connectivity index (χ1) is 27.5. The molecule has 0 atom stereocenters. The summed E-state index contributed by atoms with van der Waals surface area (Å²) in [4.78, 5) is 49.7. The van der Waals surface area contributed by atoms with Gasteiger partial charge >= 0.3 is 12.1 Å². The van der Waals surface area contributed by atoms with E-state index in [1.807, 2.05) is 48.7 Å². The third kappa shape index (κ3) is 13.4. The minimum Gasteiger partial charge on any atom is -0.428 e. The van der Waals surface area contributed by atoms with Crippen molar-refractivity contribution in [2.75, 3.05) is 20.0 Å². The summed E-state index contributed by atoms with van der Waals surface area (Å²) in [5.74, 6) is -0.900. The van der Waals surface area contributed by atoms with Gasteiger partial charge in [-0.25, -0.2) is 9.69 Å². The van der Waals surface area contributed by atoms with E-state index in [1.54, 1.807) is 24.5 Å². The molecule has 11 nitrogen and oxygen atoms in total. The Hall–Kier alpha value is -4.90. The summed E-state index contributed by atoms with van der Waals surface area (Å²) in [6.45, 7) is 2.57. The molecule has 4 aromatic rings. The molecule has 0 bridgehead atoms. The van der Waals surface area contributed by atoms with E-state index in [0.29, 0.717) is 37.3 Å². The smallest absolute Gasteiger partial charge is 0.419 e. The zero-order valence-electron chi connectivity index (χ0n) is 33.1. The van der Waals surface area contributed by atoms with Crippen molar-refractivity contribution in [3.63, 3.8) is 0 Å². The first kappa shape index (κ1) is 42.2. The summed E-state index contributed by atoms with van der Waals surface area (Å²) in [6.07, 6.45) is 24.5. The molecule has 2 amide bonds. The van der Waals surface area contributed by atoms with E-state index in [-0.39, 0.29) is 6.42 Å². The Bertz CT molecular complexity index is 1760. The van der Waals surface area contributed by atoms with E-state index in [0.717, 1.165) is 52.2 Å². The first-order valence-electron chi connectivity index (χ1n) is 20.8. The fourth-order valence-electron chi connectivity index (χ4n) is 7.16. The van der Waals surface area contributed by atoms with Crippen LogP contribution in [0.25, 0.3) is 33.8 Å². The normalized spacial score (nSPS) is 13.0. The molecule has 0 aliphatic carbocycles. The third-order valence-electron chi connectivity index (χ3n) is 10.4. The van der Waals surface area contributed by atoms with E-state index in [9.17, 15) is 14.4 Å². The molecule has 4 heterocycles. The van der Waals surface area contributed by atoms with Gasteiger partial charge in [0.1, 0.15) is 5.69 Å². The lowest BCUT2D eigenvalue weighted by Gasteiger charge is -2.32. The van der Waals surface area contributed by atoms with Crippen LogP contribution in [-0.4, -0.2) is 69.1 Å². The number of hydrogen-bond donors (Lipinski definition) is 1. The van der Waals surface area contributed by atoms with Gasteiger partial charge in [0.2, 0.25) is 6.79 Å². The van der Waals surface area contributed by atoms with Gasteiger partial charge in [0, 0.05) is 61.0 Å². The maximum absolute atomic E-state index is 13.8. The van der Waals surface area contributed by atoms with Gasteiger partial charge in [0.25, 0.3) is 5.91 Å². The average Bonchev–Trinajstić information content (AvgIpc) is 3.74. The van der Waals surface area contributed by atoms with Crippen molar-refractivity contribution >= 4 is 18.0 Å². The van der Waals surface area contributed by atoms with Gasteiger partial charge in [-0.1, -0.05) is 115 Å². The monoisotopic (exact) mass is 765 g/mol. The number of hydrogen-bond acceptors (Lipinski definition) is 9. The van der Waals surface area contributed by atoms with Crippen LogP contribution in [0.2, 0.25) is 0 Å². The van der Waals surface area contributed by atoms with Crippen molar-refractivity contribution in [2.45, 2.75) is 129 Å². The molecule has 1 aromatic carbocycles. The molecule has 0 unspecified atom stereocenters. The van der Waals surface area contributed by atoms with E-state index in [1.165, 1.54) is 77.0 Å². The molecule has 1 aliphatic rings. The fourth-order valence-corrected chi connectivity index (χ4v) is 7.16. The van der Waals surface area contributed by atoms with E-state index >= 15 is 0 Å². The van der Waals surface area contributed by atoms with Gasteiger partial charge in [-0.3, -0.25) is 24.7 Å². The number of aromatic nitrogens is 4. The predicted octanol–water partition coefficient (Wildman–Crippen LogP) is 10.7. The summed E-state index contributed by atoms with van der Waals surface area (Å²) in [5.41, 5.74) is 5.12. The fraction of sp³-hybridized carbons (Fsp3) is 0.511. The van der Waals surface area contributed by atoms with Crippen LogP contribution in [0.1, 0.15) is 133 Å². The summed E-state index contributed by atoms with van der Waals surface area (Å²) >= 11 is 0. The lowest BCUT2D eigenvalue weighted by Crippen LogP contribution is -2.47. The van der Waals surface area contributed by atoms with Gasteiger partial charge in [-0.15, -0.1) is 0 Å². The van der Waals surface area contributed by atoms with Crippen LogP contribution >= 0.6 is 0 Å². The number of esters is 1. The molecule has 5 rings (SSSR count). The number of aromatic amines is 1. The Labute approximate surface area is 332 Å². The number of H-pyrrole nitrogens is 1. The van der Waals surface area contributed by atoms with Gasteiger partial charge in [0.05, 0.1) is 11.4 Å². The van der Waals surface area contributed by atoms with Gasteiger partial charge < -0.3 is 14.2 Å². The van der Waals surface area contributed by atoms with Crippen LogP contribution in [-0.2, 0) is 19.0 Å². The molecular formula is C45H59N5O6. The van der Waals surface area contributed by atoms with Gasteiger partial charge in [0.15, 0.2) is 0 Å². The Morgan fingerprint density at radius 1 is 0.732 bits per heavy atom. The molecule has 0 spiro atoms. The Kier molecular flexibility index (Phi) is 18.0. The largest absolute Gasteiger partial charge is 0.428 e. The zero-order chi connectivity index (χ0) is 39.2. The molecular weight excluding hydrogens is 707 g/mol. The Balaban J connectivity index is 1.05. The summed E-state index contributed by atoms with van der Waals surface area (Å²) in [6, 6.07) is 16.1. The number of unbranched alkanes of at least 4 members (excludes halogenated alkanes) is 14. The minimum absolute atomic E-state index is 0.274. The molecule has 1 saturated heterocycles. The van der Waals surface area contributed by atoms with Crippen LogP contribution in [0.15, 0.2) is 73.2 Å². The number of pyridine rings is 2. The SMILES string of the molecule is CCCCCCCCCCCCCCCCCC(=O)OCOC(=O)N(C(=O)c1ccc(-c2cc(-c3c[nH]nc3-c3ccccn3)ccn2)cc1)C1CCOCC1. The lowest BCUT2D eigenvalue weighted by molar-refractivity contribution is -0.152. The van der Waals surface area contributed by atoms with Crippen molar-refractivity contribution in [1.82, 2.24) is 25.1 Å². The van der Waals surface area contributed by atoms with Crippen LogP contribution in [0, 0.1) is 0 Å². The second-order valence-corrected chi connectivity index (χ2v) is 14.6. The summed E-state index contributed by atoms with van der Waals surface area (Å²) < 4.78 is 16.1. The highest BCUT2D eigenvalue weighted by Crippen LogP contribution is 2.31. The number of carbonyl (C=O) groups is 3.